The van der Waals surface area contributed by atoms with E-state index in [9.17, 15) is 14.4 Å². The third-order valence-corrected chi connectivity index (χ3v) is 4.03. The van der Waals surface area contributed by atoms with Crippen molar-refractivity contribution in [3.8, 4) is 0 Å². The summed E-state index contributed by atoms with van der Waals surface area (Å²) in [4.78, 5) is 37.1. The van der Waals surface area contributed by atoms with Gasteiger partial charge < -0.3 is 5.32 Å². The Balaban J connectivity index is 1.69. The highest BCUT2D eigenvalue weighted by atomic mass is 16.2. The Kier molecular flexibility index (Phi) is 5.81. The van der Waals surface area contributed by atoms with Gasteiger partial charge in [-0.3, -0.25) is 25.2 Å². The van der Waals surface area contributed by atoms with Gasteiger partial charge in [0, 0.05) is 11.1 Å². The van der Waals surface area contributed by atoms with Crippen LogP contribution in [0.3, 0.4) is 0 Å². The van der Waals surface area contributed by atoms with E-state index < -0.39 is 11.8 Å². The molecule has 0 aromatic heterocycles. The number of benzene rings is 3. The van der Waals surface area contributed by atoms with E-state index in [1.807, 2.05) is 19.1 Å². The first-order valence-corrected chi connectivity index (χ1v) is 8.67. The molecule has 3 aromatic rings. The number of carbonyl (C=O) groups excluding carboxylic acids is 3. The zero-order chi connectivity index (χ0) is 19.9. The average molecular weight is 373 g/mol. The summed E-state index contributed by atoms with van der Waals surface area (Å²) in [7, 11) is 0. The van der Waals surface area contributed by atoms with Crippen molar-refractivity contribution < 1.29 is 14.4 Å². The highest BCUT2D eigenvalue weighted by Crippen LogP contribution is 2.16. The molecule has 0 saturated carbocycles. The van der Waals surface area contributed by atoms with Crippen molar-refractivity contribution in [3.63, 3.8) is 0 Å². The van der Waals surface area contributed by atoms with Crippen molar-refractivity contribution in [1.29, 1.82) is 0 Å². The third-order valence-electron chi connectivity index (χ3n) is 4.03. The Morgan fingerprint density at radius 3 is 2.04 bits per heavy atom. The largest absolute Gasteiger partial charge is 0.321 e. The van der Waals surface area contributed by atoms with E-state index in [0.717, 1.165) is 5.56 Å². The fraction of sp³-hybridized carbons (Fsp3) is 0.0455. The van der Waals surface area contributed by atoms with Gasteiger partial charge in [-0.05, 0) is 43.3 Å². The fourth-order valence-electron chi connectivity index (χ4n) is 2.61. The highest BCUT2D eigenvalue weighted by Gasteiger charge is 2.15. The van der Waals surface area contributed by atoms with Gasteiger partial charge in [-0.2, -0.15) is 0 Å². The van der Waals surface area contributed by atoms with Crippen molar-refractivity contribution in [2.75, 3.05) is 5.32 Å². The molecule has 3 N–H and O–H groups in total. The molecule has 0 heterocycles. The lowest BCUT2D eigenvalue weighted by Gasteiger charge is -2.12. The molecule has 0 radical (unpaired) electrons. The lowest BCUT2D eigenvalue weighted by atomic mass is 10.1. The summed E-state index contributed by atoms with van der Waals surface area (Å²) in [5.41, 5.74) is 7.20. The maximum Gasteiger partial charge on any atom is 0.271 e. The highest BCUT2D eigenvalue weighted by molar-refractivity contribution is 6.09. The van der Waals surface area contributed by atoms with E-state index in [4.69, 9.17) is 0 Å². The summed E-state index contributed by atoms with van der Waals surface area (Å²) in [5.74, 6) is -1.29. The van der Waals surface area contributed by atoms with Gasteiger partial charge in [0.25, 0.3) is 17.7 Å². The summed E-state index contributed by atoms with van der Waals surface area (Å²) < 4.78 is 0. The summed E-state index contributed by atoms with van der Waals surface area (Å²) in [6, 6.07) is 22.3. The fourth-order valence-corrected chi connectivity index (χ4v) is 2.61. The van der Waals surface area contributed by atoms with E-state index in [0.29, 0.717) is 16.8 Å². The molecule has 3 amide bonds. The van der Waals surface area contributed by atoms with Crippen molar-refractivity contribution in [3.05, 3.63) is 101 Å². The molecule has 0 spiro atoms. The Bertz CT molecular complexity index is 1020. The zero-order valence-electron chi connectivity index (χ0n) is 15.2. The number of aryl methyl sites for hydroxylation is 1. The average Bonchev–Trinajstić information content (AvgIpc) is 2.72. The predicted molar refractivity (Wildman–Crippen MR) is 107 cm³/mol. The molecule has 0 aliphatic rings. The minimum absolute atomic E-state index is 0.233. The van der Waals surface area contributed by atoms with Gasteiger partial charge in [-0.25, -0.2) is 0 Å². The molecule has 0 aliphatic heterocycles. The summed E-state index contributed by atoms with van der Waals surface area (Å²) in [6.07, 6.45) is 0. The molecule has 0 fully saturated rings. The van der Waals surface area contributed by atoms with Crippen LogP contribution in [0.25, 0.3) is 0 Å². The maximum atomic E-state index is 12.5. The van der Waals surface area contributed by atoms with Crippen molar-refractivity contribution in [2.45, 2.75) is 6.92 Å². The number of carbonyl (C=O) groups is 3. The van der Waals surface area contributed by atoms with Crippen LogP contribution in [0, 0.1) is 6.92 Å². The van der Waals surface area contributed by atoms with Gasteiger partial charge in [-0.1, -0.05) is 48.0 Å². The lowest BCUT2D eigenvalue weighted by Crippen LogP contribution is -2.41. The van der Waals surface area contributed by atoms with E-state index in [1.54, 1.807) is 66.7 Å². The minimum atomic E-state index is -0.537. The molecule has 140 valence electrons. The van der Waals surface area contributed by atoms with Gasteiger partial charge in [0.1, 0.15) is 0 Å². The Labute approximate surface area is 162 Å². The standard InChI is InChI=1S/C22H19N3O3/c1-15-8-7-11-17(14-15)21(27)24-25-22(28)18-12-5-6-13-19(18)23-20(26)16-9-3-2-4-10-16/h2-14H,1H3,(H,23,26)(H,24,27)(H,25,28). The van der Waals surface area contributed by atoms with Crippen LogP contribution in [0.1, 0.15) is 36.6 Å². The van der Waals surface area contributed by atoms with Crippen LogP contribution in [0.5, 0.6) is 0 Å². The Morgan fingerprint density at radius 2 is 1.29 bits per heavy atom. The molecular formula is C22H19N3O3. The number of nitrogens with one attached hydrogen (secondary N) is 3. The first-order valence-electron chi connectivity index (χ1n) is 8.67. The van der Waals surface area contributed by atoms with E-state index in [-0.39, 0.29) is 11.5 Å². The molecule has 28 heavy (non-hydrogen) atoms. The second kappa shape index (κ2) is 8.64. The van der Waals surface area contributed by atoms with Crippen LogP contribution in [-0.4, -0.2) is 17.7 Å². The summed E-state index contributed by atoms with van der Waals surface area (Å²) >= 11 is 0. The third kappa shape index (κ3) is 4.62. The van der Waals surface area contributed by atoms with E-state index in [1.165, 1.54) is 0 Å². The molecule has 0 saturated heterocycles. The normalized spacial score (nSPS) is 10.0. The van der Waals surface area contributed by atoms with Gasteiger partial charge in [0.15, 0.2) is 0 Å². The minimum Gasteiger partial charge on any atom is -0.321 e. The first kappa shape index (κ1) is 18.8. The predicted octanol–water partition coefficient (Wildman–Crippen LogP) is 3.32. The van der Waals surface area contributed by atoms with Crippen molar-refractivity contribution in [2.24, 2.45) is 0 Å². The number of hydrogen-bond donors (Lipinski definition) is 3. The molecule has 0 atom stereocenters. The van der Waals surface area contributed by atoms with Gasteiger partial charge >= 0.3 is 0 Å². The van der Waals surface area contributed by atoms with Crippen molar-refractivity contribution in [1.82, 2.24) is 10.9 Å². The quantitative estimate of drug-likeness (QED) is 0.613. The van der Waals surface area contributed by atoms with Crippen LogP contribution in [0.4, 0.5) is 5.69 Å². The molecule has 3 aromatic carbocycles. The van der Waals surface area contributed by atoms with Crippen LogP contribution in [-0.2, 0) is 0 Å². The first-order chi connectivity index (χ1) is 13.5. The monoisotopic (exact) mass is 373 g/mol. The summed E-state index contributed by atoms with van der Waals surface area (Å²) in [6.45, 7) is 1.88. The SMILES string of the molecule is Cc1cccc(C(=O)NNC(=O)c2ccccc2NC(=O)c2ccccc2)c1. The number of hydrogen-bond acceptors (Lipinski definition) is 3. The van der Waals surface area contributed by atoms with Gasteiger partial charge in [0.2, 0.25) is 0 Å². The number of hydrazine groups is 1. The lowest BCUT2D eigenvalue weighted by molar-refractivity contribution is 0.0847. The molecule has 0 aliphatic carbocycles. The number of anilines is 1. The second-order valence-corrected chi connectivity index (χ2v) is 6.14. The summed E-state index contributed by atoms with van der Waals surface area (Å²) in [5, 5.41) is 2.72. The second-order valence-electron chi connectivity index (χ2n) is 6.14. The topological polar surface area (TPSA) is 87.3 Å². The smallest absolute Gasteiger partial charge is 0.271 e. The molecule has 6 heteroatoms. The van der Waals surface area contributed by atoms with E-state index in [2.05, 4.69) is 16.2 Å². The Hall–Kier alpha value is -3.93. The van der Waals surface area contributed by atoms with Crippen LogP contribution < -0.4 is 16.2 Å². The zero-order valence-corrected chi connectivity index (χ0v) is 15.2. The number of para-hydroxylation sites is 1. The molecule has 6 nitrogen and oxygen atoms in total. The van der Waals surface area contributed by atoms with Crippen LogP contribution in [0.15, 0.2) is 78.9 Å². The van der Waals surface area contributed by atoms with Gasteiger partial charge in [0.05, 0.1) is 11.3 Å². The maximum absolute atomic E-state index is 12.5. The molecular weight excluding hydrogens is 354 g/mol. The van der Waals surface area contributed by atoms with Crippen molar-refractivity contribution >= 4 is 23.4 Å². The number of rotatable bonds is 4. The van der Waals surface area contributed by atoms with Crippen LogP contribution in [0.2, 0.25) is 0 Å². The molecule has 3 rings (SSSR count). The molecule has 0 bridgehead atoms. The molecule has 0 unspecified atom stereocenters. The Morgan fingerprint density at radius 1 is 0.643 bits per heavy atom. The van der Waals surface area contributed by atoms with E-state index >= 15 is 0 Å². The van der Waals surface area contributed by atoms with Gasteiger partial charge in [-0.15, -0.1) is 0 Å². The van der Waals surface area contributed by atoms with Crippen LogP contribution >= 0.6 is 0 Å². The number of amides is 3.